The topological polar surface area (TPSA) is 60.7 Å². The number of amides is 1. The molecule has 0 fully saturated rings. The standard InChI is InChI=1S/C18H18N2O3S2/c1-4-23-15(21)10-20-16-12(3)8-11(2)9-14(16)25-18(20)19-17(22)13-6-5-7-24-13/h5-9H,4,10H2,1-3H3. The summed E-state index contributed by atoms with van der Waals surface area (Å²) >= 11 is 2.76. The zero-order chi connectivity index (χ0) is 18.0. The molecule has 0 radical (unpaired) electrons. The van der Waals surface area contributed by atoms with Crippen molar-refractivity contribution >= 4 is 44.8 Å². The van der Waals surface area contributed by atoms with Crippen LogP contribution in [0, 0.1) is 13.8 Å². The Bertz CT molecular complexity index is 997. The van der Waals surface area contributed by atoms with Crippen LogP contribution in [-0.4, -0.2) is 23.1 Å². The molecule has 2 heterocycles. The van der Waals surface area contributed by atoms with Crippen LogP contribution in [0.3, 0.4) is 0 Å². The van der Waals surface area contributed by atoms with Gasteiger partial charge in [-0.05, 0) is 49.4 Å². The summed E-state index contributed by atoms with van der Waals surface area (Å²) in [5, 5.41) is 1.84. The van der Waals surface area contributed by atoms with Crippen LogP contribution in [0.4, 0.5) is 0 Å². The number of aromatic nitrogens is 1. The number of hydrogen-bond donors (Lipinski definition) is 0. The van der Waals surface area contributed by atoms with E-state index in [1.807, 2.05) is 31.4 Å². The van der Waals surface area contributed by atoms with Crippen LogP contribution in [0.1, 0.15) is 27.7 Å². The number of hydrogen-bond acceptors (Lipinski definition) is 5. The molecule has 0 atom stereocenters. The number of aryl methyl sites for hydroxylation is 2. The van der Waals surface area contributed by atoms with Crippen molar-refractivity contribution in [2.75, 3.05) is 6.61 Å². The Labute approximate surface area is 153 Å². The lowest BCUT2D eigenvalue weighted by Gasteiger charge is -2.07. The zero-order valence-electron chi connectivity index (χ0n) is 14.2. The average molecular weight is 374 g/mol. The number of esters is 1. The molecule has 130 valence electrons. The van der Waals surface area contributed by atoms with Crippen molar-refractivity contribution in [3.63, 3.8) is 0 Å². The van der Waals surface area contributed by atoms with E-state index in [1.165, 1.54) is 22.7 Å². The molecular weight excluding hydrogens is 356 g/mol. The predicted octanol–water partition coefficient (Wildman–Crippen LogP) is 3.69. The fraction of sp³-hybridized carbons (Fsp3) is 0.278. The Kier molecular flexibility index (Phi) is 5.15. The number of thiophene rings is 1. The molecule has 0 bridgehead atoms. The molecule has 25 heavy (non-hydrogen) atoms. The normalized spacial score (nSPS) is 11.9. The predicted molar refractivity (Wildman–Crippen MR) is 100 cm³/mol. The SMILES string of the molecule is CCOC(=O)Cn1c(=NC(=O)c2cccs2)sc2cc(C)cc(C)c21. The van der Waals surface area contributed by atoms with Gasteiger partial charge in [0.25, 0.3) is 5.91 Å². The fourth-order valence-corrected chi connectivity index (χ4v) is 4.51. The Hall–Kier alpha value is -2.25. The highest BCUT2D eigenvalue weighted by Gasteiger charge is 2.15. The maximum absolute atomic E-state index is 12.4. The van der Waals surface area contributed by atoms with Gasteiger partial charge in [-0.25, -0.2) is 0 Å². The lowest BCUT2D eigenvalue weighted by Crippen LogP contribution is -2.23. The van der Waals surface area contributed by atoms with Gasteiger partial charge >= 0.3 is 5.97 Å². The van der Waals surface area contributed by atoms with E-state index in [1.54, 1.807) is 17.6 Å². The molecule has 0 saturated carbocycles. The lowest BCUT2D eigenvalue weighted by molar-refractivity contribution is -0.143. The van der Waals surface area contributed by atoms with Crippen molar-refractivity contribution in [3.8, 4) is 0 Å². The highest BCUT2D eigenvalue weighted by molar-refractivity contribution is 7.16. The Morgan fingerprint density at radius 3 is 2.76 bits per heavy atom. The smallest absolute Gasteiger partial charge is 0.326 e. The average Bonchev–Trinajstić information content (AvgIpc) is 3.16. The van der Waals surface area contributed by atoms with Crippen LogP contribution in [-0.2, 0) is 16.1 Å². The molecule has 0 aliphatic carbocycles. The van der Waals surface area contributed by atoms with Gasteiger partial charge in [0.1, 0.15) is 6.54 Å². The largest absolute Gasteiger partial charge is 0.465 e. The van der Waals surface area contributed by atoms with E-state index in [0.717, 1.165) is 21.3 Å². The molecule has 5 nitrogen and oxygen atoms in total. The number of carbonyl (C=O) groups excluding carboxylic acids is 2. The number of benzene rings is 1. The van der Waals surface area contributed by atoms with Crippen LogP contribution < -0.4 is 4.80 Å². The van der Waals surface area contributed by atoms with Crippen molar-refractivity contribution in [1.29, 1.82) is 0 Å². The van der Waals surface area contributed by atoms with E-state index in [0.29, 0.717) is 16.3 Å². The summed E-state index contributed by atoms with van der Waals surface area (Å²) in [6, 6.07) is 7.66. The van der Waals surface area contributed by atoms with E-state index in [4.69, 9.17) is 4.74 Å². The Balaban J connectivity index is 2.17. The number of fused-ring (bicyclic) bond motifs is 1. The van der Waals surface area contributed by atoms with E-state index >= 15 is 0 Å². The van der Waals surface area contributed by atoms with Crippen molar-refractivity contribution in [2.24, 2.45) is 4.99 Å². The molecule has 0 saturated heterocycles. The second kappa shape index (κ2) is 7.33. The molecule has 1 amide bonds. The first-order chi connectivity index (χ1) is 12.0. The van der Waals surface area contributed by atoms with Gasteiger partial charge in [0.15, 0.2) is 4.80 Å². The van der Waals surface area contributed by atoms with Gasteiger partial charge in [-0.2, -0.15) is 4.99 Å². The molecule has 0 aliphatic heterocycles. The fourth-order valence-electron chi connectivity index (χ4n) is 2.70. The quantitative estimate of drug-likeness (QED) is 0.655. The van der Waals surface area contributed by atoms with E-state index in [2.05, 4.69) is 11.1 Å². The van der Waals surface area contributed by atoms with Crippen molar-refractivity contribution in [2.45, 2.75) is 27.3 Å². The summed E-state index contributed by atoms with van der Waals surface area (Å²) in [7, 11) is 0. The minimum Gasteiger partial charge on any atom is -0.465 e. The van der Waals surface area contributed by atoms with E-state index in [-0.39, 0.29) is 18.4 Å². The van der Waals surface area contributed by atoms with E-state index in [9.17, 15) is 9.59 Å². The van der Waals surface area contributed by atoms with Crippen LogP contribution >= 0.6 is 22.7 Å². The first kappa shape index (κ1) is 17.6. The second-order valence-corrected chi connectivity index (χ2v) is 7.56. The third-order valence-corrected chi connectivity index (χ3v) is 5.52. The van der Waals surface area contributed by atoms with Gasteiger partial charge in [0, 0.05) is 0 Å². The molecule has 0 aliphatic rings. The van der Waals surface area contributed by atoms with Gasteiger partial charge in [-0.15, -0.1) is 11.3 Å². The van der Waals surface area contributed by atoms with Gasteiger partial charge in [-0.3, -0.25) is 9.59 Å². The third kappa shape index (κ3) is 3.72. The minimum atomic E-state index is -0.341. The number of ether oxygens (including phenoxy) is 1. The van der Waals surface area contributed by atoms with Crippen LogP contribution in [0.2, 0.25) is 0 Å². The summed E-state index contributed by atoms with van der Waals surface area (Å²) in [5.41, 5.74) is 3.09. The molecular formula is C18H18N2O3S2. The van der Waals surface area contributed by atoms with Gasteiger partial charge in [-0.1, -0.05) is 23.5 Å². The minimum absolute atomic E-state index is 0.0360. The molecule has 2 aromatic heterocycles. The third-order valence-electron chi connectivity index (χ3n) is 3.63. The van der Waals surface area contributed by atoms with Gasteiger partial charge < -0.3 is 9.30 Å². The number of nitrogens with zero attached hydrogens (tertiary/aromatic N) is 2. The van der Waals surface area contributed by atoms with Gasteiger partial charge in [0.05, 0.1) is 21.7 Å². The maximum atomic E-state index is 12.4. The lowest BCUT2D eigenvalue weighted by atomic mass is 10.1. The highest BCUT2D eigenvalue weighted by Crippen LogP contribution is 2.23. The first-order valence-electron chi connectivity index (χ1n) is 7.88. The van der Waals surface area contributed by atoms with Crippen LogP contribution in [0.5, 0.6) is 0 Å². The van der Waals surface area contributed by atoms with Crippen molar-refractivity contribution in [1.82, 2.24) is 4.57 Å². The molecule has 0 spiro atoms. The summed E-state index contributed by atoms with van der Waals surface area (Å²) in [6.45, 7) is 6.15. The summed E-state index contributed by atoms with van der Waals surface area (Å²) < 4.78 is 7.86. The van der Waals surface area contributed by atoms with Crippen LogP contribution in [0.15, 0.2) is 34.6 Å². The van der Waals surface area contributed by atoms with Crippen molar-refractivity contribution < 1.29 is 14.3 Å². The van der Waals surface area contributed by atoms with Crippen LogP contribution in [0.25, 0.3) is 10.2 Å². The number of rotatable bonds is 4. The Morgan fingerprint density at radius 1 is 1.28 bits per heavy atom. The molecule has 0 unspecified atom stereocenters. The molecule has 1 aromatic carbocycles. The van der Waals surface area contributed by atoms with Gasteiger partial charge in [0.2, 0.25) is 0 Å². The monoisotopic (exact) mass is 374 g/mol. The first-order valence-corrected chi connectivity index (χ1v) is 9.58. The van der Waals surface area contributed by atoms with Crippen molar-refractivity contribution in [3.05, 3.63) is 50.5 Å². The molecule has 3 rings (SSSR count). The summed E-state index contributed by atoms with van der Waals surface area (Å²) in [6.07, 6.45) is 0. The van der Waals surface area contributed by atoms with E-state index < -0.39 is 0 Å². The Morgan fingerprint density at radius 2 is 2.08 bits per heavy atom. The second-order valence-electron chi connectivity index (χ2n) is 5.60. The molecule has 7 heteroatoms. The number of carbonyl (C=O) groups is 2. The zero-order valence-corrected chi connectivity index (χ0v) is 15.9. The summed E-state index contributed by atoms with van der Waals surface area (Å²) in [4.78, 5) is 29.8. The molecule has 0 N–H and O–H groups in total. The number of thiazole rings is 1. The summed E-state index contributed by atoms with van der Waals surface area (Å²) in [5.74, 6) is -0.638. The highest BCUT2D eigenvalue weighted by atomic mass is 32.1. The molecule has 3 aromatic rings. The maximum Gasteiger partial charge on any atom is 0.326 e.